The monoisotopic (exact) mass is 472 g/mol. The molecule has 2 aliphatic heterocycles. The summed E-state index contributed by atoms with van der Waals surface area (Å²) in [5.41, 5.74) is 1.06. The van der Waals surface area contributed by atoms with Crippen molar-refractivity contribution in [1.82, 2.24) is 10.2 Å². The number of likely N-dealkylation sites (tertiary alicyclic amines) is 1. The number of esters is 1. The van der Waals surface area contributed by atoms with Crippen LogP contribution in [0.2, 0.25) is 0 Å². The number of piperidine rings is 1. The highest BCUT2D eigenvalue weighted by Crippen LogP contribution is 2.66. The summed E-state index contributed by atoms with van der Waals surface area (Å²) in [6, 6.07) is 3.56. The molecule has 5 rings (SSSR count). The van der Waals surface area contributed by atoms with Crippen molar-refractivity contribution in [2.75, 3.05) is 20.7 Å². The lowest BCUT2D eigenvalue weighted by atomic mass is 9.48. The Kier molecular flexibility index (Phi) is 5.51. The molecule has 188 valence electrons. The molecule has 0 aromatic heterocycles. The van der Waals surface area contributed by atoms with E-state index in [4.69, 9.17) is 14.2 Å². The number of nitrogens with one attached hydrogen (secondary N) is 1. The van der Waals surface area contributed by atoms with Gasteiger partial charge in [-0.1, -0.05) is 19.9 Å². The van der Waals surface area contributed by atoms with Crippen LogP contribution in [0.25, 0.3) is 0 Å². The SMILES string of the molecule is CO[C@@]12CC[C@@H](N[C@H](C(=O)OC(C)(C)C)C(C)C)[C@@H]3Oc4c(O)ccc5c4C31CCN(C)C2C5. The largest absolute Gasteiger partial charge is 0.504 e. The minimum Gasteiger partial charge on any atom is -0.504 e. The minimum absolute atomic E-state index is 0.0609. The van der Waals surface area contributed by atoms with Crippen molar-refractivity contribution in [2.45, 2.75) is 101 Å². The first-order valence-corrected chi connectivity index (χ1v) is 12.7. The molecule has 2 fully saturated rings. The Morgan fingerprint density at radius 3 is 2.68 bits per heavy atom. The lowest BCUT2D eigenvalue weighted by molar-refractivity contribution is -0.204. The molecule has 1 aromatic carbocycles. The molecule has 34 heavy (non-hydrogen) atoms. The average molecular weight is 473 g/mol. The highest BCUT2D eigenvalue weighted by molar-refractivity contribution is 5.76. The number of methoxy groups -OCH3 is 1. The van der Waals surface area contributed by atoms with Crippen LogP contribution >= 0.6 is 0 Å². The number of likely N-dealkylation sites (N-methyl/N-ethyl adjacent to an activating group) is 1. The summed E-state index contributed by atoms with van der Waals surface area (Å²) in [5.74, 6) is 0.633. The third-order valence-electron chi connectivity index (χ3n) is 8.77. The van der Waals surface area contributed by atoms with Gasteiger partial charge < -0.3 is 24.2 Å². The first-order valence-electron chi connectivity index (χ1n) is 12.7. The van der Waals surface area contributed by atoms with Gasteiger partial charge in [0.1, 0.15) is 17.7 Å². The molecule has 1 saturated carbocycles. The number of carbonyl (C=O) groups excluding carboxylic acids is 1. The van der Waals surface area contributed by atoms with Crippen LogP contribution in [0.15, 0.2) is 12.1 Å². The van der Waals surface area contributed by atoms with Crippen LogP contribution in [0.3, 0.4) is 0 Å². The van der Waals surface area contributed by atoms with Crippen LogP contribution in [0, 0.1) is 5.92 Å². The Hall–Kier alpha value is -1.83. The van der Waals surface area contributed by atoms with Crippen molar-refractivity contribution < 1.29 is 24.1 Å². The second-order valence-corrected chi connectivity index (χ2v) is 12.1. The van der Waals surface area contributed by atoms with Gasteiger partial charge in [0.15, 0.2) is 11.5 Å². The Labute approximate surface area is 203 Å². The zero-order valence-electron chi connectivity index (χ0n) is 21.6. The number of phenolic OH excluding ortho intramolecular Hbond substituents is 1. The van der Waals surface area contributed by atoms with E-state index in [-0.39, 0.29) is 41.2 Å². The fraction of sp³-hybridized carbons (Fsp3) is 0.741. The minimum atomic E-state index is -0.548. The van der Waals surface area contributed by atoms with Gasteiger partial charge in [-0.3, -0.25) is 10.1 Å². The summed E-state index contributed by atoms with van der Waals surface area (Å²) in [7, 11) is 4.03. The zero-order valence-corrected chi connectivity index (χ0v) is 21.6. The predicted octanol–water partition coefficient (Wildman–Crippen LogP) is 3.15. The van der Waals surface area contributed by atoms with Crippen LogP contribution in [-0.2, 0) is 26.1 Å². The fourth-order valence-electron chi connectivity index (χ4n) is 7.44. The van der Waals surface area contributed by atoms with Gasteiger partial charge in [0.2, 0.25) is 0 Å². The maximum atomic E-state index is 13.1. The molecule has 0 amide bonds. The lowest BCUT2D eigenvalue weighted by Gasteiger charge is -2.65. The normalized spacial score (nSPS) is 35.0. The molecule has 2 bridgehead atoms. The average Bonchev–Trinajstić information content (AvgIpc) is 3.11. The third-order valence-corrected chi connectivity index (χ3v) is 8.77. The van der Waals surface area contributed by atoms with E-state index in [2.05, 4.69) is 23.3 Å². The van der Waals surface area contributed by atoms with E-state index in [1.165, 1.54) is 5.56 Å². The predicted molar refractivity (Wildman–Crippen MR) is 129 cm³/mol. The molecular weight excluding hydrogens is 432 g/mol. The Morgan fingerprint density at radius 1 is 1.29 bits per heavy atom. The first kappa shape index (κ1) is 23.9. The van der Waals surface area contributed by atoms with E-state index < -0.39 is 17.2 Å². The van der Waals surface area contributed by atoms with E-state index in [9.17, 15) is 9.90 Å². The fourth-order valence-corrected chi connectivity index (χ4v) is 7.44. The number of ether oxygens (including phenoxy) is 3. The summed E-state index contributed by atoms with van der Waals surface area (Å²) in [6.07, 6.45) is 3.22. The van der Waals surface area contributed by atoms with E-state index in [0.29, 0.717) is 5.75 Å². The van der Waals surface area contributed by atoms with E-state index >= 15 is 0 Å². The standard InChI is InChI=1S/C27H40N2O5/c1-15(2)21(24(31)34-25(3,4)5)28-17-10-11-27(32-7)19-14-16-8-9-18(30)22-20(16)26(27,23(17)33-22)12-13-29(19)6/h8-9,15,17,19,21,23,28,30H,10-14H2,1-7H3/t17-,19?,21+,23+,26?,27-/m1/s1. The molecule has 6 atom stereocenters. The van der Waals surface area contributed by atoms with Crippen molar-refractivity contribution in [3.05, 3.63) is 23.3 Å². The van der Waals surface area contributed by atoms with Gasteiger partial charge in [-0.25, -0.2) is 0 Å². The smallest absolute Gasteiger partial charge is 0.323 e. The molecule has 2 heterocycles. The molecule has 1 spiro atoms. The van der Waals surface area contributed by atoms with Crippen molar-refractivity contribution in [2.24, 2.45) is 5.92 Å². The lowest BCUT2D eigenvalue weighted by Crippen LogP contribution is -2.78. The molecule has 2 N–H and O–H groups in total. The molecule has 7 nitrogen and oxygen atoms in total. The molecular formula is C27H40N2O5. The highest BCUT2D eigenvalue weighted by Gasteiger charge is 2.73. The summed E-state index contributed by atoms with van der Waals surface area (Å²) >= 11 is 0. The zero-order chi connectivity index (χ0) is 24.6. The molecule has 2 unspecified atom stereocenters. The Balaban J connectivity index is 1.57. The maximum Gasteiger partial charge on any atom is 0.323 e. The van der Waals surface area contributed by atoms with Crippen LogP contribution in [0.1, 0.15) is 65.0 Å². The van der Waals surface area contributed by atoms with E-state index in [0.717, 1.165) is 37.8 Å². The second kappa shape index (κ2) is 7.84. The van der Waals surface area contributed by atoms with Crippen molar-refractivity contribution in [3.8, 4) is 11.5 Å². The van der Waals surface area contributed by atoms with Gasteiger partial charge in [-0.15, -0.1) is 0 Å². The van der Waals surface area contributed by atoms with Gasteiger partial charge in [-0.05, 0) is 77.6 Å². The van der Waals surface area contributed by atoms with Gasteiger partial charge in [0.25, 0.3) is 0 Å². The number of benzene rings is 1. The summed E-state index contributed by atoms with van der Waals surface area (Å²) in [4.78, 5) is 15.6. The Bertz CT molecular complexity index is 988. The van der Waals surface area contributed by atoms with Gasteiger partial charge in [0, 0.05) is 24.8 Å². The quantitative estimate of drug-likeness (QED) is 0.637. The van der Waals surface area contributed by atoms with Crippen LogP contribution in [0.5, 0.6) is 11.5 Å². The summed E-state index contributed by atoms with van der Waals surface area (Å²) < 4.78 is 19.0. The third kappa shape index (κ3) is 3.16. The van der Waals surface area contributed by atoms with Gasteiger partial charge in [0.05, 0.1) is 11.0 Å². The maximum absolute atomic E-state index is 13.1. The first-order chi connectivity index (χ1) is 15.9. The van der Waals surface area contributed by atoms with Crippen LogP contribution < -0.4 is 10.1 Å². The highest BCUT2D eigenvalue weighted by atomic mass is 16.6. The van der Waals surface area contributed by atoms with Gasteiger partial charge in [-0.2, -0.15) is 0 Å². The van der Waals surface area contributed by atoms with Crippen LogP contribution in [-0.4, -0.2) is 72.1 Å². The molecule has 7 heteroatoms. The number of nitrogens with zero attached hydrogens (tertiary/aromatic N) is 1. The second-order valence-electron chi connectivity index (χ2n) is 12.1. The number of hydrogen-bond acceptors (Lipinski definition) is 7. The molecule has 4 aliphatic rings. The van der Waals surface area contributed by atoms with Crippen molar-refractivity contribution in [1.29, 1.82) is 0 Å². The van der Waals surface area contributed by atoms with E-state index in [1.54, 1.807) is 6.07 Å². The number of hydrogen-bond donors (Lipinski definition) is 2. The van der Waals surface area contributed by atoms with Crippen LogP contribution in [0.4, 0.5) is 0 Å². The van der Waals surface area contributed by atoms with Crippen molar-refractivity contribution >= 4 is 5.97 Å². The number of aromatic hydroxyl groups is 1. The molecule has 1 saturated heterocycles. The topological polar surface area (TPSA) is 80.3 Å². The number of rotatable bonds is 5. The molecule has 2 aliphatic carbocycles. The summed E-state index contributed by atoms with van der Waals surface area (Å²) in [6.45, 7) is 10.7. The van der Waals surface area contributed by atoms with Crippen molar-refractivity contribution in [3.63, 3.8) is 0 Å². The Morgan fingerprint density at radius 2 is 2.03 bits per heavy atom. The van der Waals surface area contributed by atoms with E-state index in [1.807, 2.05) is 41.7 Å². The number of phenols is 1. The number of carbonyl (C=O) groups is 1. The van der Waals surface area contributed by atoms with Gasteiger partial charge >= 0.3 is 5.97 Å². The summed E-state index contributed by atoms with van der Waals surface area (Å²) in [5, 5.41) is 14.5. The molecule has 0 radical (unpaired) electrons. The molecule has 1 aromatic rings.